The maximum atomic E-state index is 15.7. The summed E-state index contributed by atoms with van der Waals surface area (Å²) >= 11 is 0. The maximum absolute atomic E-state index is 15.7. The number of rotatable bonds is 11. The molecule has 0 saturated carbocycles. The fraction of sp³-hybridized carbons (Fsp3) is 0.389. The van der Waals surface area contributed by atoms with Gasteiger partial charge in [0.15, 0.2) is 5.60 Å². The lowest BCUT2D eigenvalue weighted by atomic mass is 9.82. The Kier molecular flexibility index (Phi) is 11.8. The molecule has 5 atom stereocenters. The summed E-state index contributed by atoms with van der Waals surface area (Å²) in [6.07, 6.45) is 1.47. The second-order valence-corrected chi connectivity index (χ2v) is 24.2. The number of fused-ring (bicyclic) bond motifs is 3. The molecule has 2 N–H and O–H groups in total. The minimum atomic E-state index is -2.58. The number of aliphatic hydroxyl groups excluding tert-OH is 1. The van der Waals surface area contributed by atoms with Gasteiger partial charge in [-0.25, -0.2) is 0 Å². The number of para-hydroxylation sites is 1. The molecule has 12 nitrogen and oxygen atoms in total. The molecule has 3 fully saturated rings. The van der Waals surface area contributed by atoms with Crippen molar-refractivity contribution in [1.29, 1.82) is 0 Å². The van der Waals surface area contributed by atoms with Crippen molar-refractivity contribution >= 4 is 48.0 Å². The topological polar surface area (TPSA) is 124 Å². The minimum Gasteiger partial charge on any atom is -0.497 e. The molecule has 10 rings (SSSR count). The van der Waals surface area contributed by atoms with Crippen molar-refractivity contribution in [2.75, 3.05) is 55.3 Å². The van der Waals surface area contributed by atoms with Gasteiger partial charge in [0.25, 0.3) is 11.8 Å². The van der Waals surface area contributed by atoms with Gasteiger partial charge >= 0.3 is 0 Å². The molecule has 67 heavy (non-hydrogen) atoms. The van der Waals surface area contributed by atoms with Crippen LogP contribution in [-0.4, -0.2) is 94.1 Å². The van der Waals surface area contributed by atoms with Gasteiger partial charge < -0.3 is 39.3 Å². The molecule has 13 heteroatoms. The quantitative estimate of drug-likeness (QED) is 0.139. The average Bonchev–Trinajstić information content (AvgIpc) is 3.90. The highest BCUT2D eigenvalue weighted by atomic mass is 28.3. The number of hydrogen-bond donors (Lipinski definition) is 2. The van der Waals surface area contributed by atoms with Crippen LogP contribution < -0.4 is 34.7 Å². The molecule has 3 amide bonds. The van der Waals surface area contributed by atoms with E-state index in [-0.39, 0.29) is 54.8 Å². The summed E-state index contributed by atoms with van der Waals surface area (Å²) < 4.78 is 18.7. The van der Waals surface area contributed by atoms with Crippen LogP contribution in [0, 0.1) is 5.92 Å². The number of piperidine rings is 1. The van der Waals surface area contributed by atoms with Crippen LogP contribution in [0.3, 0.4) is 0 Å². The third kappa shape index (κ3) is 7.42. The summed E-state index contributed by atoms with van der Waals surface area (Å²) in [6.45, 7) is 9.28. The number of anilines is 3. The summed E-state index contributed by atoms with van der Waals surface area (Å²) in [6, 6.07) is 39.9. The van der Waals surface area contributed by atoms with Gasteiger partial charge in [0, 0.05) is 29.4 Å². The first-order chi connectivity index (χ1) is 32.4. The van der Waals surface area contributed by atoms with E-state index in [1.165, 1.54) is 5.19 Å². The molecule has 5 aliphatic rings. The first-order valence-electron chi connectivity index (χ1n) is 23.7. The molecular weight excluding hydrogens is 859 g/mol. The molecule has 3 saturated heterocycles. The highest BCUT2D eigenvalue weighted by Crippen LogP contribution is 2.61. The van der Waals surface area contributed by atoms with Crippen molar-refractivity contribution in [1.82, 2.24) is 10.2 Å². The van der Waals surface area contributed by atoms with Crippen molar-refractivity contribution in [3.8, 4) is 11.5 Å². The summed E-state index contributed by atoms with van der Waals surface area (Å²) in [4.78, 5) is 52.7. The molecule has 5 heterocycles. The number of amides is 3. The minimum absolute atomic E-state index is 0.0603. The number of benzene rings is 5. The van der Waals surface area contributed by atoms with Gasteiger partial charge in [0.2, 0.25) is 5.91 Å². The Morgan fingerprint density at radius 3 is 2.18 bits per heavy atom. The molecule has 2 spiro atoms. The van der Waals surface area contributed by atoms with Gasteiger partial charge in [-0.2, -0.15) is 0 Å². The molecule has 5 aromatic carbocycles. The Balaban J connectivity index is 0.980. The highest BCUT2D eigenvalue weighted by molar-refractivity contribution is 6.91. The Bertz CT molecular complexity index is 2660. The Hall–Kier alpha value is -5.99. The number of aliphatic hydroxyl groups is 1. The van der Waals surface area contributed by atoms with E-state index in [1.807, 2.05) is 106 Å². The van der Waals surface area contributed by atoms with Crippen LogP contribution in [0.1, 0.15) is 48.4 Å². The molecule has 5 aromatic rings. The first-order valence-corrected chi connectivity index (χ1v) is 26.8. The molecule has 0 bridgehead atoms. The van der Waals surface area contributed by atoms with Crippen LogP contribution in [0.2, 0.25) is 18.6 Å². The second-order valence-electron chi connectivity index (χ2n) is 19.6. The van der Waals surface area contributed by atoms with E-state index in [4.69, 9.17) is 14.2 Å². The number of methoxy groups -OCH3 is 2. The SMILES string of the molecule is COc1ccc([Si](C)(C)[C@@H]2[C@@H](CC(=O)N3Cc4ccccc4C[C@H]3CO)O[C@]3(C(=O)N(Cc4ccc(N5CN(c6ccccc6)C6(CCNCC6)C5=O)cc4)c4ccc(OC)cc43)[C@H]2C)cc1. The van der Waals surface area contributed by atoms with Crippen LogP contribution in [-0.2, 0) is 44.2 Å². The Labute approximate surface area is 394 Å². The van der Waals surface area contributed by atoms with Gasteiger partial charge in [-0.1, -0.05) is 91.9 Å². The van der Waals surface area contributed by atoms with Gasteiger partial charge in [-0.05, 0) is 109 Å². The van der Waals surface area contributed by atoms with Crippen LogP contribution in [0.4, 0.5) is 17.1 Å². The Morgan fingerprint density at radius 1 is 0.821 bits per heavy atom. The standard InChI is InChI=1S/C54H61N5O7Si/c1-36-50(67(4,5)45-22-19-43(64-2)20-23-45)48(31-49(61)56-33-39-12-10-9-11-38(39)29-42(56)34-60)66-54(36)46-30-44(65-3)21-24-47(46)57(52(54)63)32-37-15-17-40(18-16-37)58-35-59(41-13-7-6-8-14-41)53(51(58)62)25-27-55-28-26-53/h6-24,30,36,42,48,50,55,60H,25-29,31-35H2,1-5H3/t36-,42-,48+,50-,54+/m0/s1. The third-order valence-electron chi connectivity index (χ3n) is 15.8. The first kappa shape index (κ1) is 44.8. The van der Waals surface area contributed by atoms with Gasteiger partial charge in [-0.3, -0.25) is 19.3 Å². The maximum Gasteiger partial charge on any atom is 0.264 e. The molecule has 0 radical (unpaired) electrons. The number of nitrogens with zero attached hydrogens (tertiary/aromatic N) is 4. The van der Waals surface area contributed by atoms with Gasteiger partial charge in [0.1, 0.15) is 17.0 Å². The van der Waals surface area contributed by atoms with Gasteiger partial charge in [0.05, 0.1) is 66.4 Å². The lowest BCUT2D eigenvalue weighted by molar-refractivity contribution is -0.151. The average molecular weight is 920 g/mol. The van der Waals surface area contributed by atoms with Crippen molar-refractivity contribution in [2.45, 2.75) is 87.6 Å². The van der Waals surface area contributed by atoms with E-state index in [0.29, 0.717) is 25.4 Å². The zero-order valence-corrected chi connectivity index (χ0v) is 40.1. The van der Waals surface area contributed by atoms with Crippen molar-refractivity contribution < 1.29 is 33.7 Å². The lowest BCUT2D eigenvalue weighted by Crippen LogP contribution is -2.55. The molecular formula is C54H61N5O7Si. The number of hydrogen-bond acceptors (Lipinski definition) is 9. The molecule has 0 aromatic heterocycles. The number of carbonyl (C=O) groups is 3. The Morgan fingerprint density at radius 2 is 1.49 bits per heavy atom. The zero-order valence-electron chi connectivity index (χ0n) is 39.1. The number of carbonyl (C=O) groups excluding carboxylic acids is 3. The van der Waals surface area contributed by atoms with Crippen molar-refractivity contribution in [2.24, 2.45) is 5.92 Å². The van der Waals surface area contributed by atoms with Crippen LogP contribution >= 0.6 is 0 Å². The van der Waals surface area contributed by atoms with Crippen molar-refractivity contribution in [3.05, 3.63) is 144 Å². The number of nitrogens with one attached hydrogen (secondary N) is 1. The normalized spacial score (nSPS) is 24.4. The van der Waals surface area contributed by atoms with E-state index < -0.39 is 25.3 Å². The fourth-order valence-corrected chi connectivity index (χ4v) is 16.3. The molecule has 5 aliphatic heterocycles. The second kappa shape index (κ2) is 17.6. The summed E-state index contributed by atoms with van der Waals surface area (Å²) in [5.41, 5.74) is 4.24. The smallest absolute Gasteiger partial charge is 0.264 e. The van der Waals surface area contributed by atoms with E-state index in [2.05, 4.69) is 60.6 Å². The number of ether oxygens (including phenoxy) is 3. The van der Waals surface area contributed by atoms with E-state index in [9.17, 15) is 14.7 Å². The van der Waals surface area contributed by atoms with E-state index in [0.717, 1.165) is 71.0 Å². The van der Waals surface area contributed by atoms with Gasteiger partial charge in [-0.15, -0.1) is 0 Å². The van der Waals surface area contributed by atoms with Crippen LogP contribution in [0.5, 0.6) is 11.5 Å². The van der Waals surface area contributed by atoms with Crippen LogP contribution in [0.15, 0.2) is 121 Å². The predicted molar refractivity (Wildman–Crippen MR) is 262 cm³/mol. The molecule has 348 valence electrons. The monoisotopic (exact) mass is 919 g/mol. The molecule has 0 aliphatic carbocycles. The van der Waals surface area contributed by atoms with Crippen LogP contribution in [0.25, 0.3) is 0 Å². The molecule has 0 unspecified atom stereocenters. The van der Waals surface area contributed by atoms with E-state index in [1.54, 1.807) is 14.2 Å². The summed E-state index contributed by atoms with van der Waals surface area (Å²) in [7, 11) is 0.702. The summed E-state index contributed by atoms with van der Waals surface area (Å²) in [5.74, 6) is 0.864. The van der Waals surface area contributed by atoms with Crippen molar-refractivity contribution in [3.63, 3.8) is 0 Å². The lowest BCUT2D eigenvalue weighted by Gasteiger charge is -2.39. The predicted octanol–water partition coefficient (Wildman–Crippen LogP) is 6.74. The van der Waals surface area contributed by atoms with E-state index >= 15 is 4.79 Å². The zero-order chi connectivity index (χ0) is 46.7. The fourth-order valence-electron chi connectivity index (χ4n) is 12.2. The largest absolute Gasteiger partial charge is 0.497 e. The summed E-state index contributed by atoms with van der Waals surface area (Å²) in [5, 5.41) is 15.2. The highest BCUT2D eigenvalue weighted by Gasteiger charge is 2.67. The third-order valence-corrected chi connectivity index (χ3v) is 20.2.